The number of hydrogen-bond acceptors (Lipinski definition) is 3. The van der Waals surface area contributed by atoms with E-state index in [-0.39, 0.29) is 0 Å². The molecule has 0 aliphatic heterocycles. The molecule has 0 fully saturated rings. The van der Waals surface area contributed by atoms with E-state index < -0.39 is 0 Å². The Kier molecular flexibility index (Phi) is 4.42. The highest BCUT2D eigenvalue weighted by Crippen LogP contribution is 2.41. The monoisotopic (exact) mass is 491 g/mol. The largest absolute Gasteiger partial charge is 0.456 e. The van der Waals surface area contributed by atoms with Crippen molar-refractivity contribution in [2.24, 2.45) is 0 Å². The van der Waals surface area contributed by atoms with Crippen LogP contribution in [0.3, 0.4) is 0 Å². The molecule has 0 radical (unpaired) electrons. The van der Waals surface area contributed by atoms with Gasteiger partial charge in [-0.25, -0.2) is 0 Å². The fourth-order valence-electron chi connectivity index (χ4n) is 5.47. The molecule has 0 atom stereocenters. The molecule has 6 aromatic carbocycles. The molecule has 0 bridgehead atoms. The van der Waals surface area contributed by atoms with Crippen molar-refractivity contribution in [3.63, 3.8) is 0 Å². The van der Waals surface area contributed by atoms with Crippen LogP contribution >= 0.6 is 11.3 Å². The Labute approximate surface area is 217 Å². The first kappa shape index (κ1) is 20.6. The molecule has 8 aromatic rings. The Hall–Kier alpha value is -4.60. The predicted molar refractivity (Wildman–Crippen MR) is 159 cm³/mol. The van der Waals surface area contributed by atoms with Gasteiger partial charge in [0.1, 0.15) is 11.2 Å². The van der Waals surface area contributed by atoms with Crippen LogP contribution in [0.25, 0.3) is 52.9 Å². The zero-order valence-corrected chi connectivity index (χ0v) is 20.7. The number of rotatable bonds is 3. The summed E-state index contributed by atoms with van der Waals surface area (Å²) in [7, 11) is 0. The molecule has 0 unspecified atom stereocenters. The summed E-state index contributed by atoms with van der Waals surface area (Å²) in [6.07, 6.45) is 0. The fourth-order valence-corrected chi connectivity index (χ4v) is 6.61. The van der Waals surface area contributed by atoms with E-state index in [0.717, 1.165) is 39.0 Å². The number of benzene rings is 6. The predicted octanol–water partition coefficient (Wildman–Crippen LogP) is 10.6. The molecule has 174 valence electrons. The second kappa shape index (κ2) is 7.95. The average molecular weight is 492 g/mol. The lowest BCUT2D eigenvalue weighted by atomic mass is 10.0. The van der Waals surface area contributed by atoms with Crippen LogP contribution in [0.5, 0.6) is 0 Å². The summed E-state index contributed by atoms with van der Waals surface area (Å²) in [5.74, 6) is 0. The normalized spacial score (nSPS) is 11.8. The van der Waals surface area contributed by atoms with Gasteiger partial charge in [-0.05, 0) is 71.4 Å². The van der Waals surface area contributed by atoms with E-state index in [1.165, 1.54) is 30.9 Å². The third-order valence-corrected chi connectivity index (χ3v) is 8.35. The summed E-state index contributed by atoms with van der Waals surface area (Å²) in [6.45, 7) is 0. The van der Waals surface area contributed by atoms with Crippen LogP contribution in [-0.4, -0.2) is 0 Å². The second-order valence-electron chi connectivity index (χ2n) is 9.43. The second-order valence-corrected chi connectivity index (χ2v) is 10.5. The summed E-state index contributed by atoms with van der Waals surface area (Å²) in [4.78, 5) is 2.31. The number of hydrogen-bond donors (Lipinski definition) is 0. The average Bonchev–Trinajstić information content (AvgIpc) is 3.50. The zero-order chi connectivity index (χ0) is 24.3. The van der Waals surface area contributed by atoms with Gasteiger partial charge in [0.2, 0.25) is 0 Å². The Morgan fingerprint density at radius 3 is 2.08 bits per heavy atom. The van der Waals surface area contributed by atoms with Gasteiger partial charge in [-0.15, -0.1) is 11.3 Å². The van der Waals surface area contributed by atoms with Crippen molar-refractivity contribution >= 4 is 81.3 Å². The molecule has 2 heterocycles. The maximum absolute atomic E-state index is 6.24. The van der Waals surface area contributed by atoms with E-state index in [0.29, 0.717) is 0 Å². The number of anilines is 3. The molecule has 37 heavy (non-hydrogen) atoms. The summed E-state index contributed by atoms with van der Waals surface area (Å²) >= 11 is 1.86. The topological polar surface area (TPSA) is 16.4 Å². The third-order valence-electron chi connectivity index (χ3n) is 7.21. The molecule has 8 rings (SSSR count). The standard InChI is InChI=1S/C34H21NOS/c1-2-8-24(9-3-1)35(26-16-17-28-27-10-4-6-12-31(27)36-32(28)21-26)25-15-14-22-20-34-30(19-23(22)18-25)29-11-5-7-13-33(29)37-34/h1-21H. The highest BCUT2D eigenvalue weighted by atomic mass is 32.1. The van der Waals surface area contributed by atoms with Crippen molar-refractivity contribution in [3.8, 4) is 0 Å². The van der Waals surface area contributed by atoms with Crippen molar-refractivity contribution in [2.75, 3.05) is 4.90 Å². The van der Waals surface area contributed by atoms with Gasteiger partial charge < -0.3 is 9.32 Å². The van der Waals surface area contributed by atoms with Crippen molar-refractivity contribution in [1.29, 1.82) is 0 Å². The number of thiophene rings is 1. The smallest absolute Gasteiger partial charge is 0.137 e. The van der Waals surface area contributed by atoms with Crippen LogP contribution in [0.1, 0.15) is 0 Å². The van der Waals surface area contributed by atoms with E-state index in [1.807, 2.05) is 23.5 Å². The van der Waals surface area contributed by atoms with Crippen molar-refractivity contribution in [3.05, 3.63) is 127 Å². The number of para-hydroxylation sites is 2. The van der Waals surface area contributed by atoms with Crippen molar-refractivity contribution in [2.45, 2.75) is 0 Å². The Balaban J connectivity index is 1.34. The van der Waals surface area contributed by atoms with Gasteiger partial charge in [-0.3, -0.25) is 0 Å². The molecule has 3 heteroatoms. The fraction of sp³-hybridized carbons (Fsp3) is 0. The van der Waals surface area contributed by atoms with E-state index in [4.69, 9.17) is 4.42 Å². The zero-order valence-electron chi connectivity index (χ0n) is 19.9. The third kappa shape index (κ3) is 3.25. The Morgan fingerprint density at radius 1 is 0.432 bits per heavy atom. The van der Waals surface area contributed by atoms with Crippen LogP contribution in [0, 0.1) is 0 Å². The Bertz CT molecular complexity index is 2100. The molecule has 2 aromatic heterocycles. The van der Waals surface area contributed by atoms with Gasteiger partial charge >= 0.3 is 0 Å². The van der Waals surface area contributed by atoms with E-state index in [9.17, 15) is 0 Å². The van der Waals surface area contributed by atoms with Crippen LogP contribution in [0.4, 0.5) is 17.1 Å². The van der Waals surface area contributed by atoms with Gasteiger partial charge in [0, 0.05) is 54.1 Å². The van der Waals surface area contributed by atoms with Crippen LogP contribution in [-0.2, 0) is 0 Å². The van der Waals surface area contributed by atoms with E-state index in [2.05, 4.69) is 120 Å². The van der Waals surface area contributed by atoms with Gasteiger partial charge in [0.15, 0.2) is 0 Å². The molecule has 0 amide bonds. The first-order valence-corrected chi connectivity index (χ1v) is 13.2. The molecule has 0 aliphatic rings. The lowest BCUT2D eigenvalue weighted by Crippen LogP contribution is -2.09. The number of furan rings is 1. The van der Waals surface area contributed by atoms with Gasteiger partial charge in [-0.1, -0.05) is 60.7 Å². The number of nitrogens with zero attached hydrogens (tertiary/aromatic N) is 1. The molecule has 0 spiro atoms. The molecule has 0 saturated carbocycles. The highest BCUT2D eigenvalue weighted by molar-refractivity contribution is 7.25. The Morgan fingerprint density at radius 2 is 1.16 bits per heavy atom. The molecular formula is C34H21NOS. The lowest BCUT2D eigenvalue weighted by molar-refractivity contribution is 0.669. The maximum Gasteiger partial charge on any atom is 0.137 e. The van der Waals surface area contributed by atoms with Crippen LogP contribution < -0.4 is 4.90 Å². The summed E-state index contributed by atoms with van der Waals surface area (Å²) in [5.41, 5.74) is 5.11. The molecular weight excluding hydrogens is 470 g/mol. The first-order chi connectivity index (χ1) is 18.3. The van der Waals surface area contributed by atoms with Gasteiger partial charge in [-0.2, -0.15) is 0 Å². The summed E-state index contributed by atoms with van der Waals surface area (Å²) in [5, 5.41) is 7.42. The highest BCUT2D eigenvalue weighted by Gasteiger charge is 2.16. The molecule has 2 nitrogen and oxygen atoms in total. The molecule has 0 saturated heterocycles. The minimum Gasteiger partial charge on any atom is -0.456 e. The number of fused-ring (bicyclic) bond motifs is 7. The SMILES string of the molecule is c1ccc(N(c2ccc3cc4sc5ccccc5c4cc3c2)c2ccc3c(c2)oc2ccccc23)cc1. The summed E-state index contributed by atoms with van der Waals surface area (Å²) in [6, 6.07) is 45.4. The molecule has 0 N–H and O–H groups in total. The minimum atomic E-state index is 0.895. The first-order valence-electron chi connectivity index (χ1n) is 12.4. The quantitative estimate of drug-likeness (QED) is 0.244. The van der Waals surface area contributed by atoms with E-state index in [1.54, 1.807) is 0 Å². The van der Waals surface area contributed by atoms with Crippen LogP contribution in [0.2, 0.25) is 0 Å². The van der Waals surface area contributed by atoms with Gasteiger partial charge in [0.05, 0.1) is 0 Å². The molecule has 0 aliphatic carbocycles. The summed E-state index contributed by atoms with van der Waals surface area (Å²) < 4.78 is 8.90. The van der Waals surface area contributed by atoms with E-state index >= 15 is 0 Å². The van der Waals surface area contributed by atoms with Crippen LogP contribution in [0.15, 0.2) is 132 Å². The maximum atomic E-state index is 6.24. The van der Waals surface area contributed by atoms with Crippen molar-refractivity contribution in [1.82, 2.24) is 0 Å². The van der Waals surface area contributed by atoms with Gasteiger partial charge in [0.25, 0.3) is 0 Å². The van der Waals surface area contributed by atoms with Crippen molar-refractivity contribution < 1.29 is 4.42 Å². The minimum absolute atomic E-state index is 0.895. The lowest BCUT2D eigenvalue weighted by Gasteiger charge is -2.25.